The molecule has 0 aromatic carbocycles. The molecule has 4 rings (SSSR count). The molecule has 0 bridgehead atoms. The summed E-state index contributed by atoms with van der Waals surface area (Å²) in [7, 11) is 0. The van der Waals surface area contributed by atoms with Crippen LogP contribution in [-0.4, -0.2) is 65.9 Å². The molecule has 0 spiro atoms. The van der Waals surface area contributed by atoms with Crippen molar-refractivity contribution in [2.75, 3.05) is 11.9 Å². The maximum atomic E-state index is 10.2. The average molecular weight is 335 g/mol. The number of hydrogen-bond acceptors (Lipinski definition) is 8. The highest BCUT2D eigenvalue weighted by molar-refractivity contribution is 5.62. The molecule has 1 aliphatic carbocycles. The number of ether oxygens (including phenoxy) is 1. The first kappa shape index (κ1) is 15.7. The molecule has 4 atom stereocenters. The van der Waals surface area contributed by atoms with Gasteiger partial charge in [0.15, 0.2) is 11.5 Å². The average Bonchev–Trinajstić information content (AvgIpc) is 3.30. The molecule has 0 amide bonds. The molecule has 1 saturated carbocycles. The summed E-state index contributed by atoms with van der Waals surface area (Å²) >= 11 is 0. The van der Waals surface area contributed by atoms with Crippen LogP contribution < -0.4 is 5.32 Å². The molecule has 1 aliphatic heterocycles. The summed E-state index contributed by atoms with van der Waals surface area (Å²) in [5.74, 6) is 0.648. The van der Waals surface area contributed by atoms with E-state index in [2.05, 4.69) is 20.4 Å². The fraction of sp³-hybridized carbons (Fsp3) is 0.667. The van der Waals surface area contributed by atoms with Gasteiger partial charge in [-0.1, -0.05) is 12.8 Å². The Bertz CT molecular complexity index is 717. The summed E-state index contributed by atoms with van der Waals surface area (Å²) < 4.78 is 7.13. The van der Waals surface area contributed by atoms with E-state index in [0.29, 0.717) is 23.2 Å². The van der Waals surface area contributed by atoms with Gasteiger partial charge in [0.2, 0.25) is 0 Å². The maximum Gasteiger partial charge on any atom is 0.197 e. The Balaban J connectivity index is 1.65. The fourth-order valence-corrected chi connectivity index (χ4v) is 3.54. The third-order valence-corrected chi connectivity index (χ3v) is 4.86. The predicted octanol–water partition coefficient (Wildman–Crippen LogP) is -0.367. The lowest BCUT2D eigenvalue weighted by molar-refractivity contribution is -0.0244. The fourth-order valence-electron chi connectivity index (χ4n) is 3.54. The van der Waals surface area contributed by atoms with Crippen LogP contribution in [0.2, 0.25) is 0 Å². The van der Waals surface area contributed by atoms with Crippen molar-refractivity contribution < 1.29 is 20.1 Å². The minimum Gasteiger partial charge on any atom is -0.394 e. The quantitative estimate of drug-likeness (QED) is 0.597. The van der Waals surface area contributed by atoms with Gasteiger partial charge in [0.1, 0.15) is 30.7 Å². The first-order valence-corrected chi connectivity index (χ1v) is 8.26. The second-order valence-electron chi connectivity index (χ2n) is 6.41. The first-order chi connectivity index (χ1) is 11.7. The lowest BCUT2D eigenvalue weighted by Gasteiger charge is -2.15. The smallest absolute Gasteiger partial charge is 0.197 e. The number of rotatable bonds is 4. The molecule has 9 heteroatoms. The third kappa shape index (κ3) is 2.53. The molecule has 3 heterocycles. The number of hydrogen-bond donors (Lipinski definition) is 4. The van der Waals surface area contributed by atoms with Crippen molar-refractivity contribution in [2.45, 2.75) is 56.1 Å². The van der Waals surface area contributed by atoms with Crippen molar-refractivity contribution >= 4 is 11.5 Å². The van der Waals surface area contributed by atoms with Crippen molar-refractivity contribution in [1.82, 2.24) is 19.6 Å². The minimum atomic E-state index is -1.15. The highest BCUT2D eigenvalue weighted by Crippen LogP contribution is 2.34. The van der Waals surface area contributed by atoms with Crippen LogP contribution in [0.15, 0.2) is 12.5 Å². The van der Waals surface area contributed by atoms with E-state index in [4.69, 9.17) is 4.74 Å². The largest absolute Gasteiger partial charge is 0.394 e. The summed E-state index contributed by atoms with van der Waals surface area (Å²) in [6.45, 7) is -0.366. The topological polar surface area (TPSA) is 125 Å². The van der Waals surface area contributed by atoms with Crippen LogP contribution in [0.3, 0.4) is 0 Å². The van der Waals surface area contributed by atoms with Crippen LogP contribution >= 0.6 is 0 Å². The SMILES string of the molecule is OC[C@H]1O[C@@H](c2cnc3c(NC4CCCC4)ncnn23)[C@H](O)[C@@H]1O. The van der Waals surface area contributed by atoms with Crippen LogP contribution in [-0.2, 0) is 4.74 Å². The van der Waals surface area contributed by atoms with Crippen molar-refractivity contribution in [2.24, 2.45) is 0 Å². The summed E-state index contributed by atoms with van der Waals surface area (Å²) in [4.78, 5) is 8.63. The number of anilines is 1. The van der Waals surface area contributed by atoms with Gasteiger partial charge in [0.05, 0.1) is 18.5 Å². The molecule has 2 aromatic heterocycles. The van der Waals surface area contributed by atoms with E-state index >= 15 is 0 Å². The monoisotopic (exact) mass is 335 g/mol. The Morgan fingerprint density at radius 3 is 2.71 bits per heavy atom. The Morgan fingerprint density at radius 2 is 2.00 bits per heavy atom. The number of nitrogens with one attached hydrogen (secondary N) is 1. The van der Waals surface area contributed by atoms with Gasteiger partial charge in [-0.05, 0) is 12.8 Å². The number of imidazole rings is 1. The third-order valence-electron chi connectivity index (χ3n) is 4.86. The number of aromatic nitrogens is 4. The van der Waals surface area contributed by atoms with Gasteiger partial charge >= 0.3 is 0 Å². The molecule has 0 radical (unpaired) electrons. The molecule has 4 N–H and O–H groups in total. The van der Waals surface area contributed by atoms with E-state index in [0.717, 1.165) is 12.8 Å². The van der Waals surface area contributed by atoms with Crippen LogP contribution in [0.1, 0.15) is 37.5 Å². The van der Waals surface area contributed by atoms with Crippen LogP contribution in [0, 0.1) is 0 Å². The number of fused-ring (bicyclic) bond motifs is 1. The molecule has 0 unspecified atom stereocenters. The predicted molar refractivity (Wildman–Crippen MR) is 83.4 cm³/mol. The van der Waals surface area contributed by atoms with Gasteiger partial charge in [-0.3, -0.25) is 0 Å². The molecule has 2 fully saturated rings. The van der Waals surface area contributed by atoms with Gasteiger partial charge in [-0.25, -0.2) is 14.5 Å². The molecule has 24 heavy (non-hydrogen) atoms. The van der Waals surface area contributed by atoms with E-state index in [-0.39, 0.29) is 6.61 Å². The second-order valence-corrected chi connectivity index (χ2v) is 6.41. The molecule has 9 nitrogen and oxygen atoms in total. The molecule has 2 aliphatic rings. The van der Waals surface area contributed by atoms with Crippen molar-refractivity contribution in [3.8, 4) is 0 Å². The molecular formula is C15H21N5O4. The summed E-state index contributed by atoms with van der Waals surface area (Å²) in [6, 6.07) is 0.387. The molecule has 1 saturated heterocycles. The van der Waals surface area contributed by atoms with E-state index in [1.807, 2.05) is 0 Å². The Labute approximate surface area is 138 Å². The summed E-state index contributed by atoms with van der Waals surface area (Å²) in [5.41, 5.74) is 1.07. The van der Waals surface area contributed by atoms with Gasteiger partial charge in [0, 0.05) is 6.04 Å². The van der Waals surface area contributed by atoms with E-state index in [1.54, 1.807) is 10.7 Å². The van der Waals surface area contributed by atoms with Gasteiger partial charge in [-0.15, -0.1) is 0 Å². The van der Waals surface area contributed by atoms with Gasteiger partial charge < -0.3 is 25.4 Å². The Kier molecular flexibility index (Phi) is 4.09. The van der Waals surface area contributed by atoms with Crippen LogP contribution in [0.5, 0.6) is 0 Å². The molecule has 130 valence electrons. The minimum absolute atomic E-state index is 0.366. The normalized spacial score (nSPS) is 31.1. The van der Waals surface area contributed by atoms with Crippen molar-refractivity contribution in [3.05, 3.63) is 18.2 Å². The lowest BCUT2D eigenvalue weighted by atomic mass is 10.1. The lowest BCUT2D eigenvalue weighted by Crippen LogP contribution is -2.32. The Hall–Kier alpha value is -1.81. The zero-order valence-electron chi connectivity index (χ0n) is 13.1. The van der Waals surface area contributed by atoms with E-state index in [1.165, 1.54) is 19.2 Å². The van der Waals surface area contributed by atoms with E-state index in [9.17, 15) is 15.3 Å². The van der Waals surface area contributed by atoms with Crippen LogP contribution in [0.4, 0.5) is 5.82 Å². The number of nitrogens with zero attached hydrogens (tertiary/aromatic N) is 4. The van der Waals surface area contributed by atoms with Gasteiger partial charge in [-0.2, -0.15) is 5.10 Å². The summed E-state index contributed by atoms with van der Waals surface area (Å²) in [6.07, 6.45) is 3.70. The number of aliphatic hydroxyl groups is 3. The van der Waals surface area contributed by atoms with E-state index < -0.39 is 24.4 Å². The standard InChI is InChI=1S/C15H21N5O4/c21-6-10-11(22)12(23)13(24-10)9-5-16-15-14(17-7-18-20(9)15)19-8-3-1-2-4-8/h5,7-8,10-13,21-23H,1-4,6H2,(H,17,18,19)/t10-,11-,12-,13+/m1/s1. The van der Waals surface area contributed by atoms with Crippen LogP contribution in [0.25, 0.3) is 5.65 Å². The Morgan fingerprint density at radius 1 is 1.21 bits per heavy atom. The maximum absolute atomic E-state index is 10.2. The highest BCUT2D eigenvalue weighted by Gasteiger charge is 2.44. The molecule has 2 aromatic rings. The molecular weight excluding hydrogens is 314 g/mol. The van der Waals surface area contributed by atoms with Gasteiger partial charge in [0.25, 0.3) is 0 Å². The zero-order valence-corrected chi connectivity index (χ0v) is 13.1. The number of aliphatic hydroxyl groups excluding tert-OH is 3. The first-order valence-electron chi connectivity index (χ1n) is 8.26. The van der Waals surface area contributed by atoms with Crippen molar-refractivity contribution in [3.63, 3.8) is 0 Å². The van der Waals surface area contributed by atoms with Crippen molar-refractivity contribution in [1.29, 1.82) is 0 Å². The zero-order chi connectivity index (χ0) is 16.7. The highest BCUT2D eigenvalue weighted by atomic mass is 16.6. The summed E-state index contributed by atoms with van der Waals surface area (Å²) in [5, 5.41) is 37.0. The second kappa shape index (κ2) is 6.25.